The van der Waals surface area contributed by atoms with Gasteiger partial charge in [-0.1, -0.05) is 50.6 Å². The molecule has 1 atom stereocenters. The summed E-state index contributed by atoms with van der Waals surface area (Å²) in [7, 11) is 0. The van der Waals surface area contributed by atoms with Gasteiger partial charge in [0.2, 0.25) is 5.91 Å². The Morgan fingerprint density at radius 2 is 1.65 bits per heavy atom. The van der Waals surface area contributed by atoms with E-state index in [0.717, 1.165) is 5.56 Å². The number of nitrogens with one attached hydrogen (secondary N) is 1. The third-order valence-electron chi connectivity index (χ3n) is 3.80. The summed E-state index contributed by atoms with van der Waals surface area (Å²) in [5.41, 5.74) is 1.31. The number of hydrogen-bond acceptors (Lipinski definition) is 2. The average Bonchev–Trinajstić information content (AvgIpc) is 2.34. The molecule has 0 aliphatic heterocycles. The van der Waals surface area contributed by atoms with Gasteiger partial charge in [0.05, 0.1) is 11.5 Å². The molecule has 3 heteroatoms. The third kappa shape index (κ3) is 4.07. The van der Waals surface area contributed by atoms with Crippen LogP contribution in [0.2, 0.25) is 0 Å². The topological polar surface area (TPSA) is 49.3 Å². The van der Waals surface area contributed by atoms with Gasteiger partial charge in [0.15, 0.2) is 0 Å². The highest BCUT2D eigenvalue weighted by atomic mass is 16.3. The fourth-order valence-electron chi connectivity index (χ4n) is 1.82. The van der Waals surface area contributed by atoms with Crippen LogP contribution in [0, 0.1) is 12.3 Å². The molecule has 0 saturated heterocycles. The van der Waals surface area contributed by atoms with Crippen LogP contribution in [-0.2, 0) is 10.2 Å². The molecule has 112 valence electrons. The Bertz CT molecular complexity index is 455. The summed E-state index contributed by atoms with van der Waals surface area (Å²) in [4.78, 5) is 12.4. The summed E-state index contributed by atoms with van der Waals surface area (Å²) >= 11 is 0. The first-order chi connectivity index (χ1) is 9.05. The minimum Gasteiger partial charge on any atom is -0.391 e. The van der Waals surface area contributed by atoms with E-state index < -0.39 is 11.5 Å². The molecule has 0 aromatic heterocycles. The lowest BCUT2D eigenvalue weighted by Gasteiger charge is -2.29. The fraction of sp³-hybridized carbons (Fsp3) is 0.588. The minimum atomic E-state index is -0.606. The van der Waals surface area contributed by atoms with Crippen LogP contribution in [0.25, 0.3) is 0 Å². The molecule has 1 amide bonds. The number of carbonyl (C=O) groups is 1. The van der Waals surface area contributed by atoms with Crippen molar-refractivity contribution in [1.29, 1.82) is 0 Å². The summed E-state index contributed by atoms with van der Waals surface area (Å²) in [6.07, 6.45) is -0.555. The van der Waals surface area contributed by atoms with E-state index in [2.05, 4.69) is 5.32 Å². The van der Waals surface area contributed by atoms with Crippen LogP contribution >= 0.6 is 0 Å². The second-order valence-electron chi connectivity index (χ2n) is 7.08. The number of hydrogen-bond donors (Lipinski definition) is 2. The lowest BCUT2D eigenvalue weighted by molar-refractivity contribution is -0.126. The van der Waals surface area contributed by atoms with Gasteiger partial charge in [-0.25, -0.2) is 0 Å². The van der Waals surface area contributed by atoms with E-state index in [0.29, 0.717) is 0 Å². The fourth-order valence-corrected chi connectivity index (χ4v) is 1.82. The number of amides is 1. The first-order valence-corrected chi connectivity index (χ1v) is 7.08. The lowest BCUT2D eigenvalue weighted by Crippen LogP contribution is -2.45. The van der Waals surface area contributed by atoms with Gasteiger partial charge < -0.3 is 10.4 Å². The van der Waals surface area contributed by atoms with Crippen LogP contribution in [0.5, 0.6) is 0 Å². The van der Waals surface area contributed by atoms with Gasteiger partial charge in [-0.15, -0.1) is 0 Å². The second-order valence-corrected chi connectivity index (χ2v) is 7.08. The minimum absolute atomic E-state index is 0.0651. The Labute approximate surface area is 122 Å². The molecule has 1 rings (SSSR count). The quantitative estimate of drug-likeness (QED) is 0.889. The lowest BCUT2D eigenvalue weighted by atomic mass is 9.83. The highest BCUT2D eigenvalue weighted by Crippen LogP contribution is 2.24. The Balaban J connectivity index is 2.73. The third-order valence-corrected chi connectivity index (χ3v) is 3.80. The van der Waals surface area contributed by atoms with Gasteiger partial charge in [-0.2, -0.15) is 0 Å². The van der Waals surface area contributed by atoms with Crippen molar-refractivity contribution in [3.8, 4) is 0 Å². The molecule has 2 N–H and O–H groups in total. The molecular formula is C17H27NO2. The highest BCUT2D eigenvalue weighted by Gasteiger charge is 2.31. The molecule has 0 radical (unpaired) electrons. The number of carbonyl (C=O) groups excluding carboxylic acids is 1. The highest BCUT2D eigenvalue weighted by molar-refractivity contribution is 5.87. The number of benzene rings is 1. The summed E-state index contributed by atoms with van der Waals surface area (Å²) in [6.45, 7) is 12.0. The molecule has 0 aliphatic carbocycles. The van der Waals surface area contributed by atoms with E-state index in [-0.39, 0.29) is 17.9 Å². The summed E-state index contributed by atoms with van der Waals surface area (Å²) in [5, 5.41) is 12.8. The van der Waals surface area contributed by atoms with Crippen LogP contribution < -0.4 is 5.32 Å². The summed E-state index contributed by atoms with van der Waals surface area (Å²) in [6, 6.07) is 7.98. The molecule has 1 aromatic rings. The first-order valence-electron chi connectivity index (χ1n) is 7.08. The maximum Gasteiger partial charge on any atom is 0.230 e. The maximum atomic E-state index is 12.4. The van der Waals surface area contributed by atoms with Crippen LogP contribution in [0.4, 0.5) is 0 Å². The molecule has 20 heavy (non-hydrogen) atoms. The normalized spacial score (nSPS) is 13.9. The van der Waals surface area contributed by atoms with Gasteiger partial charge in [0.1, 0.15) is 0 Å². The Morgan fingerprint density at radius 3 is 2.10 bits per heavy atom. The molecule has 1 unspecified atom stereocenters. The predicted octanol–water partition coefficient (Wildman–Crippen LogP) is 2.80. The molecule has 0 bridgehead atoms. The smallest absolute Gasteiger partial charge is 0.230 e. The van der Waals surface area contributed by atoms with Crippen LogP contribution in [0.15, 0.2) is 24.3 Å². The average molecular weight is 277 g/mol. The van der Waals surface area contributed by atoms with Gasteiger partial charge in [-0.3, -0.25) is 4.79 Å². The zero-order valence-corrected chi connectivity index (χ0v) is 13.4. The summed E-state index contributed by atoms with van der Waals surface area (Å²) < 4.78 is 0. The van der Waals surface area contributed by atoms with E-state index in [1.807, 2.05) is 65.8 Å². The Hall–Kier alpha value is -1.35. The van der Waals surface area contributed by atoms with E-state index in [1.54, 1.807) is 0 Å². The maximum absolute atomic E-state index is 12.4. The van der Waals surface area contributed by atoms with E-state index in [1.165, 1.54) is 5.56 Å². The molecule has 0 saturated carbocycles. The SMILES string of the molecule is Cc1ccc(C(C)(C)C(=O)NCC(O)C(C)(C)C)cc1. The molecule has 0 fully saturated rings. The number of aliphatic hydroxyl groups excluding tert-OH is 1. The largest absolute Gasteiger partial charge is 0.391 e. The molecule has 0 aliphatic rings. The van der Waals surface area contributed by atoms with Crippen LogP contribution in [0.3, 0.4) is 0 Å². The monoisotopic (exact) mass is 277 g/mol. The molecule has 1 aromatic carbocycles. The van der Waals surface area contributed by atoms with E-state index in [4.69, 9.17) is 0 Å². The van der Waals surface area contributed by atoms with Crippen molar-refractivity contribution in [1.82, 2.24) is 5.32 Å². The zero-order chi connectivity index (χ0) is 15.6. The zero-order valence-electron chi connectivity index (χ0n) is 13.4. The van der Waals surface area contributed by atoms with Crippen molar-refractivity contribution < 1.29 is 9.90 Å². The van der Waals surface area contributed by atoms with Crippen molar-refractivity contribution in [3.05, 3.63) is 35.4 Å². The van der Waals surface area contributed by atoms with Crippen molar-refractivity contribution in [3.63, 3.8) is 0 Å². The van der Waals surface area contributed by atoms with Gasteiger partial charge >= 0.3 is 0 Å². The van der Waals surface area contributed by atoms with Crippen LogP contribution in [0.1, 0.15) is 45.7 Å². The first kappa shape index (κ1) is 16.7. The molecule has 3 nitrogen and oxygen atoms in total. The standard InChI is InChI=1S/C17H27NO2/c1-12-7-9-13(10-8-12)17(5,6)15(20)18-11-14(19)16(2,3)4/h7-10,14,19H,11H2,1-6H3,(H,18,20). The van der Waals surface area contributed by atoms with E-state index >= 15 is 0 Å². The Kier molecular flexibility index (Phi) is 4.98. The van der Waals surface area contributed by atoms with Gasteiger partial charge in [0.25, 0.3) is 0 Å². The van der Waals surface area contributed by atoms with Crippen molar-refractivity contribution in [2.75, 3.05) is 6.54 Å². The molecule has 0 spiro atoms. The van der Waals surface area contributed by atoms with E-state index in [9.17, 15) is 9.90 Å². The van der Waals surface area contributed by atoms with Gasteiger partial charge in [0, 0.05) is 6.54 Å². The van der Waals surface area contributed by atoms with Crippen molar-refractivity contribution >= 4 is 5.91 Å². The van der Waals surface area contributed by atoms with Gasteiger partial charge in [-0.05, 0) is 31.7 Å². The second kappa shape index (κ2) is 5.96. The van der Waals surface area contributed by atoms with Crippen molar-refractivity contribution in [2.45, 2.75) is 53.1 Å². The summed E-state index contributed by atoms with van der Waals surface area (Å²) in [5.74, 6) is -0.0651. The van der Waals surface area contributed by atoms with Crippen molar-refractivity contribution in [2.24, 2.45) is 5.41 Å². The molecular weight excluding hydrogens is 250 g/mol. The Morgan fingerprint density at radius 1 is 1.15 bits per heavy atom. The number of aryl methyl sites for hydroxylation is 1. The van der Waals surface area contributed by atoms with Crippen LogP contribution in [-0.4, -0.2) is 23.7 Å². The number of rotatable bonds is 4. The molecule has 0 heterocycles. The predicted molar refractivity (Wildman–Crippen MR) is 82.7 cm³/mol. The number of aliphatic hydroxyl groups is 1.